The normalized spacial score (nSPS) is 11.9. The van der Waals surface area contributed by atoms with Crippen LogP contribution in [0.25, 0.3) is 10.2 Å². The Morgan fingerprint density at radius 3 is 2.81 bits per heavy atom. The molecule has 0 aliphatic heterocycles. The maximum atomic E-state index is 12.6. The molecule has 5 heteroatoms. The lowest BCUT2D eigenvalue weighted by Gasteiger charge is -2.06. The van der Waals surface area contributed by atoms with E-state index in [1.54, 1.807) is 12.1 Å². The Bertz CT molecular complexity index is 1010. The number of amides is 1. The van der Waals surface area contributed by atoms with E-state index in [1.807, 2.05) is 23.7 Å². The lowest BCUT2D eigenvalue weighted by atomic mass is 10.1. The smallest absolute Gasteiger partial charge is 0.279 e. The molecule has 136 valence electrons. The minimum atomic E-state index is -0.248. The number of fused-ring (bicyclic) bond motifs is 1. The van der Waals surface area contributed by atoms with Crippen molar-refractivity contribution in [2.45, 2.75) is 33.6 Å². The Morgan fingerprint density at radius 1 is 1.23 bits per heavy atom. The zero-order valence-corrected chi connectivity index (χ0v) is 16.5. The molecule has 3 aromatic rings. The zero-order chi connectivity index (χ0) is 18.7. The molecule has 2 aromatic carbocycles. The fourth-order valence-corrected chi connectivity index (χ4v) is 3.92. The van der Waals surface area contributed by atoms with Gasteiger partial charge in [-0.15, -0.1) is 0 Å². The first-order chi connectivity index (χ1) is 12.5. The highest BCUT2D eigenvalue weighted by Crippen LogP contribution is 2.23. The number of hydrogen-bond donors (Lipinski definition) is 0. The second-order valence-corrected chi connectivity index (χ2v) is 7.45. The van der Waals surface area contributed by atoms with E-state index in [2.05, 4.69) is 37.9 Å². The van der Waals surface area contributed by atoms with Crippen molar-refractivity contribution in [2.24, 2.45) is 12.0 Å². The van der Waals surface area contributed by atoms with E-state index in [0.717, 1.165) is 23.1 Å². The fourth-order valence-electron chi connectivity index (χ4n) is 2.84. The van der Waals surface area contributed by atoms with Crippen LogP contribution in [0.1, 0.15) is 41.3 Å². The minimum absolute atomic E-state index is 0.248. The van der Waals surface area contributed by atoms with Gasteiger partial charge in [0.2, 0.25) is 0 Å². The molecule has 0 saturated heterocycles. The first-order valence-electron chi connectivity index (χ1n) is 8.89. The van der Waals surface area contributed by atoms with Crippen molar-refractivity contribution >= 4 is 27.5 Å². The van der Waals surface area contributed by atoms with Crippen LogP contribution in [0.3, 0.4) is 0 Å². The summed E-state index contributed by atoms with van der Waals surface area (Å²) in [5.41, 5.74) is 4.14. The number of rotatable bonds is 5. The predicted molar refractivity (Wildman–Crippen MR) is 107 cm³/mol. The molecule has 0 atom stereocenters. The molecule has 0 radical (unpaired) electrons. The van der Waals surface area contributed by atoms with Crippen molar-refractivity contribution in [3.05, 3.63) is 57.9 Å². The monoisotopic (exact) mass is 368 g/mol. The number of ether oxygens (including phenoxy) is 1. The molecule has 0 bridgehead atoms. The number of aromatic nitrogens is 1. The number of carbonyl (C=O) groups is 1. The Balaban J connectivity index is 1.94. The highest BCUT2D eigenvalue weighted by Gasteiger charge is 2.10. The molecule has 26 heavy (non-hydrogen) atoms. The summed E-state index contributed by atoms with van der Waals surface area (Å²) in [6, 6.07) is 11.5. The molecule has 0 aliphatic rings. The average Bonchev–Trinajstić information content (AvgIpc) is 2.95. The summed E-state index contributed by atoms with van der Waals surface area (Å²) in [6.07, 6.45) is 2.08. The van der Waals surface area contributed by atoms with Gasteiger partial charge in [0.05, 0.1) is 16.8 Å². The van der Waals surface area contributed by atoms with Crippen LogP contribution in [0.4, 0.5) is 0 Å². The molecule has 0 fully saturated rings. The number of benzene rings is 2. The van der Waals surface area contributed by atoms with Crippen molar-refractivity contribution in [2.75, 3.05) is 6.61 Å². The van der Waals surface area contributed by atoms with Gasteiger partial charge in [-0.25, -0.2) is 0 Å². The van der Waals surface area contributed by atoms with Crippen LogP contribution in [-0.4, -0.2) is 17.1 Å². The molecule has 0 saturated carbocycles. The van der Waals surface area contributed by atoms with Crippen molar-refractivity contribution in [1.29, 1.82) is 0 Å². The Labute approximate surface area is 157 Å². The maximum Gasteiger partial charge on any atom is 0.279 e. The lowest BCUT2D eigenvalue weighted by molar-refractivity contribution is 0.0997. The second-order valence-electron chi connectivity index (χ2n) is 6.44. The van der Waals surface area contributed by atoms with Crippen molar-refractivity contribution in [3.63, 3.8) is 0 Å². The third-order valence-corrected chi connectivity index (χ3v) is 5.63. The van der Waals surface area contributed by atoms with E-state index in [-0.39, 0.29) is 5.91 Å². The van der Waals surface area contributed by atoms with Gasteiger partial charge in [0.25, 0.3) is 5.91 Å². The van der Waals surface area contributed by atoms with E-state index < -0.39 is 0 Å². The SMILES string of the molecule is CCCCOc1cccc(C(=O)N=c2sc3ccc(C)c(C)c3n2C)c1. The summed E-state index contributed by atoms with van der Waals surface area (Å²) < 4.78 is 8.83. The van der Waals surface area contributed by atoms with Gasteiger partial charge in [-0.3, -0.25) is 4.79 Å². The highest BCUT2D eigenvalue weighted by molar-refractivity contribution is 7.16. The molecule has 1 heterocycles. The summed E-state index contributed by atoms with van der Waals surface area (Å²) in [5.74, 6) is 0.467. The molecule has 0 unspecified atom stereocenters. The molecule has 3 rings (SSSR count). The van der Waals surface area contributed by atoms with Gasteiger partial charge in [0, 0.05) is 12.6 Å². The second kappa shape index (κ2) is 7.87. The van der Waals surface area contributed by atoms with E-state index >= 15 is 0 Å². The Hall–Kier alpha value is -2.40. The number of carbonyl (C=O) groups excluding carboxylic acids is 1. The van der Waals surface area contributed by atoms with Crippen LogP contribution in [0, 0.1) is 13.8 Å². The van der Waals surface area contributed by atoms with Crippen molar-refractivity contribution < 1.29 is 9.53 Å². The molecule has 0 N–H and O–H groups in total. The van der Waals surface area contributed by atoms with Crippen LogP contribution in [0.5, 0.6) is 5.75 Å². The van der Waals surface area contributed by atoms with Crippen molar-refractivity contribution in [1.82, 2.24) is 4.57 Å². The van der Waals surface area contributed by atoms with Crippen LogP contribution in [0.15, 0.2) is 41.4 Å². The molecule has 0 aliphatic carbocycles. The minimum Gasteiger partial charge on any atom is -0.494 e. The predicted octanol–water partition coefficient (Wildman–Crippen LogP) is 4.78. The summed E-state index contributed by atoms with van der Waals surface area (Å²) in [6.45, 7) is 6.98. The summed E-state index contributed by atoms with van der Waals surface area (Å²) in [4.78, 5) is 17.7. The molecular formula is C21H24N2O2S. The highest BCUT2D eigenvalue weighted by atomic mass is 32.1. The van der Waals surface area contributed by atoms with Gasteiger partial charge >= 0.3 is 0 Å². The van der Waals surface area contributed by atoms with Crippen LogP contribution < -0.4 is 9.54 Å². The van der Waals surface area contributed by atoms with Gasteiger partial charge in [-0.1, -0.05) is 36.8 Å². The molecule has 0 spiro atoms. The Kier molecular flexibility index (Phi) is 5.57. The first-order valence-corrected chi connectivity index (χ1v) is 9.70. The van der Waals surface area contributed by atoms with Crippen LogP contribution in [0.2, 0.25) is 0 Å². The number of unbranched alkanes of at least 4 members (excludes halogenated alkanes) is 1. The molecule has 1 amide bonds. The number of nitrogens with zero attached hydrogens (tertiary/aromatic N) is 2. The lowest BCUT2D eigenvalue weighted by Crippen LogP contribution is -2.13. The third kappa shape index (κ3) is 3.73. The zero-order valence-electron chi connectivity index (χ0n) is 15.7. The third-order valence-electron chi connectivity index (χ3n) is 4.53. The maximum absolute atomic E-state index is 12.6. The van der Waals surface area contributed by atoms with E-state index in [1.165, 1.54) is 22.5 Å². The topological polar surface area (TPSA) is 43.6 Å². The largest absolute Gasteiger partial charge is 0.494 e. The summed E-state index contributed by atoms with van der Waals surface area (Å²) in [5, 5.41) is 0. The van der Waals surface area contributed by atoms with Crippen LogP contribution in [-0.2, 0) is 7.05 Å². The molecule has 1 aromatic heterocycles. The van der Waals surface area contributed by atoms with Crippen molar-refractivity contribution in [3.8, 4) is 5.75 Å². The van der Waals surface area contributed by atoms with Gasteiger partial charge in [-0.2, -0.15) is 4.99 Å². The Morgan fingerprint density at radius 2 is 2.04 bits per heavy atom. The van der Waals surface area contributed by atoms with E-state index in [0.29, 0.717) is 22.7 Å². The van der Waals surface area contributed by atoms with Gasteiger partial charge in [-0.05, 0) is 55.7 Å². The summed E-state index contributed by atoms with van der Waals surface area (Å²) >= 11 is 1.54. The fraction of sp³-hybridized carbons (Fsp3) is 0.333. The number of hydrogen-bond acceptors (Lipinski definition) is 3. The number of thiazole rings is 1. The average molecular weight is 369 g/mol. The van der Waals surface area contributed by atoms with Gasteiger partial charge in [0.15, 0.2) is 4.80 Å². The molecular weight excluding hydrogens is 344 g/mol. The molecule has 4 nitrogen and oxygen atoms in total. The van der Waals surface area contributed by atoms with Gasteiger partial charge < -0.3 is 9.30 Å². The quantitative estimate of drug-likeness (QED) is 0.609. The summed E-state index contributed by atoms with van der Waals surface area (Å²) in [7, 11) is 1.96. The van der Waals surface area contributed by atoms with Crippen LogP contribution >= 0.6 is 11.3 Å². The van der Waals surface area contributed by atoms with E-state index in [9.17, 15) is 4.79 Å². The van der Waals surface area contributed by atoms with Gasteiger partial charge in [0.1, 0.15) is 5.75 Å². The number of aryl methyl sites for hydroxylation is 3. The van der Waals surface area contributed by atoms with E-state index in [4.69, 9.17) is 4.74 Å². The first kappa shape index (κ1) is 18.4. The standard InChI is InChI=1S/C21H24N2O2S/c1-5-6-12-25-17-9-7-8-16(13-17)20(24)22-21-23(4)19-15(3)14(2)10-11-18(19)26-21/h7-11,13H,5-6,12H2,1-4H3.